The van der Waals surface area contributed by atoms with Crippen LogP contribution in [-0.4, -0.2) is 34.2 Å². The van der Waals surface area contributed by atoms with E-state index in [9.17, 15) is 18.0 Å². The van der Waals surface area contributed by atoms with E-state index in [1.54, 1.807) is 0 Å². The molecule has 0 N–H and O–H groups in total. The molecule has 0 radical (unpaired) electrons. The summed E-state index contributed by atoms with van der Waals surface area (Å²) in [4.78, 5) is 20.7. The van der Waals surface area contributed by atoms with Crippen molar-refractivity contribution in [3.05, 3.63) is 48.5 Å². The third-order valence-corrected chi connectivity index (χ3v) is 4.69. The van der Waals surface area contributed by atoms with Gasteiger partial charge in [-0.05, 0) is 48.5 Å². The number of sulfone groups is 1. The molecule has 0 heterocycles. The summed E-state index contributed by atoms with van der Waals surface area (Å²) in [6.07, 6.45) is 1.22. The third-order valence-electron chi connectivity index (χ3n) is 2.90. The van der Waals surface area contributed by atoms with Crippen molar-refractivity contribution in [1.82, 2.24) is 0 Å². The van der Waals surface area contributed by atoms with Crippen LogP contribution in [0, 0.1) is 0 Å². The van der Waals surface area contributed by atoms with Crippen LogP contribution in [-0.2, 0) is 19.4 Å². The SMILES string of the molecule is O=CCOc1ccc(S(=O)(=O)c2ccc(OCC=O)cc2)cc1. The van der Waals surface area contributed by atoms with Gasteiger partial charge in [-0.1, -0.05) is 0 Å². The first-order chi connectivity index (χ1) is 11.1. The highest BCUT2D eigenvalue weighted by molar-refractivity contribution is 7.91. The molecule has 0 saturated heterocycles. The quantitative estimate of drug-likeness (QED) is 0.683. The van der Waals surface area contributed by atoms with E-state index in [0.29, 0.717) is 24.1 Å². The molecule has 2 rings (SSSR count). The van der Waals surface area contributed by atoms with Gasteiger partial charge in [0.15, 0.2) is 12.6 Å². The van der Waals surface area contributed by atoms with Crippen LogP contribution in [0.15, 0.2) is 58.3 Å². The standard InChI is InChI=1S/C16H14O6S/c17-9-11-21-13-1-5-15(6-2-13)23(19,20)16-7-3-14(4-8-16)22-12-10-18/h1-10H,11-12H2. The van der Waals surface area contributed by atoms with Crippen LogP contribution >= 0.6 is 0 Å². The van der Waals surface area contributed by atoms with Crippen molar-refractivity contribution in [2.24, 2.45) is 0 Å². The van der Waals surface area contributed by atoms with Crippen molar-refractivity contribution < 1.29 is 27.5 Å². The lowest BCUT2D eigenvalue weighted by Gasteiger charge is -2.07. The van der Waals surface area contributed by atoms with Gasteiger partial charge < -0.3 is 9.47 Å². The summed E-state index contributed by atoms with van der Waals surface area (Å²) in [5, 5.41) is 0. The molecule has 23 heavy (non-hydrogen) atoms. The van der Waals surface area contributed by atoms with Gasteiger partial charge in [0.25, 0.3) is 0 Å². The Bertz CT molecular complexity index is 702. The van der Waals surface area contributed by atoms with Gasteiger partial charge in [-0.3, -0.25) is 9.59 Å². The second kappa shape index (κ2) is 7.55. The molecule has 0 unspecified atom stereocenters. The molecule has 0 fully saturated rings. The second-order valence-corrected chi connectivity index (χ2v) is 6.35. The van der Waals surface area contributed by atoms with Gasteiger partial charge in [-0.2, -0.15) is 0 Å². The van der Waals surface area contributed by atoms with Gasteiger partial charge in [0.05, 0.1) is 9.79 Å². The Morgan fingerprint density at radius 3 is 1.35 bits per heavy atom. The minimum absolute atomic E-state index is 0.0889. The molecule has 0 aliphatic rings. The lowest BCUT2D eigenvalue weighted by atomic mass is 10.3. The predicted molar refractivity (Wildman–Crippen MR) is 81.5 cm³/mol. The zero-order valence-electron chi connectivity index (χ0n) is 12.0. The number of benzene rings is 2. The summed E-state index contributed by atoms with van der Waals surface area (Å²) < 4.78 is 35.1. The first kappa shape index (κ1) is 16.7. The predicted octanol–water partition coefficient (Wildman–Crippen LogP) is 1.67. The van der Waals surface area contributed by atoms with Crippen molar-refractivity contribution in [2.45, 2.75) is 9.79 Å². The zero-order chi connectivity index (χ0) is 16.7. The Hall–Kier alpha value is -2.67. The largest absolute Gasteiger partial charge is 0.486 e. The van der Waals surface area contributed by atoms with Crippen molar-refractivity contribution in [1.29, 1.82) is 0 Å². The molecule has 0 spiro atoms. The van der Waals surface area contributed by atoms with Gasteiger partial charge >= 0.3 is 0 Å². The van der Waals surface area contributed by atoms with Crippen LogP contribution in [0.5, 0.6) is 11.5 Å². The second-order valence-electron chi connectivity index (χ2n) is 4.40. The monoisotopic (exact) mass is 334 g/mol. The van der Waals surface area contributed by atoms with Gasteiger partial charge in [-0.15, -0.1) is 0 Å². The summed E-state index contributed by atoms with van der Waals surface area (Å²) in [6.45, 7) is -0.178. The average Bonchev–Trinajstić information content (AvgIpc) is 2.59. The molecule has 0 aliphatic carbocycles. The van der Waals surface area contributed by atoms with Crippen LogP contribution in [0.1, 0.15) is 0 Å². The average molecular weight is 334 g/mol. The zero-order valence-corrected chi connectivity index (χ0v) is 12.9. The molecule has 2 aromatic rings. The number of rotatable bonds is 8. The van der Waals surface area contributed by atoms with Crippen LogP contribution in [0.3, 0.4) is 0 Å². The molecule has 7 heteroatoms. The summed E-state index contributed by atoms with van der Waals surface area (Å²) >= 11 is 0. The fourth-order valence-electron chi connectivity index (χ4n) is 1.83. The number of carbonyl (C=O) groups excluding carboxylic acids is 2. The Morgan fingerprint density at radius 2 is 1.04 bits per heavy atom. The van der Waals surface area contributed by atoms with Gasteiger partial charge in [0.1, 0.15) is 24.7 Å². The van der Waals surface area contributed by atoms with Crippen LogP contribution in [0.2, 0.25) is 0 Å². The summed E-state index contributed by atoms with van der Waals surface area (Å²) in [6, 6.07) is 11.6. The van der Waals surface area contributed by atoms with E-state index in [1.165, 1.54) is 48.5 Å². The first-order valence-electron chi connectivity index (χ1n) is 6.66. The smallest absolute Gasteiger partial charge is 0.206 e. The van der Waals surface area contributed by atoms with Crippen LogP contribution < -0.4 is 9.47 Å². The summed E-state index contributed by atoms with van der Waals surface area (Å²) in [5.41, 5.74) is 0. The molecule has 0 atom stereocenters. The number of hydrogen-bond donors (Lipinski definition) is 0. The minimum atomic E-state index is -3.66. The van der Waals surface area contributed by atoms with Crippen molar-refractivity contribution in [3.63, 3.8) is 0 Å². The molecular weight excluding hydrogens is 320 g/mol. The highest BCUT2D eigenvalue weighted by atomic mass is 32.2. The van der Waals surface area contributed by atoms with Crippen molar-refractivity contribution in [2.75, 3.05) is 13.2 Å². The summed E-state index contributed by atoms with van der Waals surface area (Å²) in [7, 11) is -3.66. The Morgan fingerprint density at radius 1 is 0.696 bits per heavy atom. The molecule has 0 amide bonds. The normalized spacial score (nSPS) is 10.8. The van der Waals surface area contributed by atoms with Crippen LogP contribution in [0.4, 0.5) is 0 Å². The topological polar surface area (TPSA) is 86.7 Å². The highest BCUT2D eigenvalue weighted by Crippen LogP contribution is 2.24. The Kier molecular flexibility index (Phi) is 5.48. The molecule has 0 aromatic heterocycles. The maximum absolute atomic E-state index is 12.5. The number of ether oxygens (including phenoxy) is 2. The van der Waals surface area contributed by atoms with Gasteiger partial charge in [-0.25, -0.2) is 8.42 Å². The molecule has 0 aliphatic heterocycles. The van der Waals surface area contributed by atoms with E-state index in [4.69, 9.17) is 9.47 Å². The number of carbonyl (C=O) groups is 2. The molecular formula is C16H14O6S. The van der Waals surface area contributed by atoms with E-state index < -0.39 is 9.84 Å². The number of hydrogen-bond acceptors (Lipinski definition) is 6. The first-order valence-corrected chi connectivity index (χ1v) is 8.14. The lowest BCUT2D eigenvalue weighted by Crippen LogP contribution is -2.03. The highest BCUT2D eigenvalue weighted by Gasteiger charge is 2.17. The molecule has 0 saturated carbocycles. The lowest BCUT2D eigenvalue weighted by molar-refractivity contribution is -0.110. The number of aldehydes is 2. The van der Waals surface area contributed by atoms with Crippen molar-refractivity contribution >= 4 is 22.4 Å². The fraction of sp³-hybridized carbons (Fsp3) is 0.125. The Labute approximate surface area is 133 Å². The Balaban J connectivity index is 2.20. The fourth-order valence-corrected chi connectivity index (χ4v) is 3.09. The maximum Gasteiger partial charge on any atom is 0.206 e. The van der Waals surface area contributed by atoms with Crippen molar-refractivity contribution in [3.8, 4) is 11.5 Å². The molecule has 0 bridgehead atoms. The molecule has 6 nitrogen and oxygen atoms in total. The summed E-state index contributed by atoms with van der Waals surface area (Å²) in [5.74, 6) is 0.822. The molecule has 2 aromatic carbocycles. The van der Waals surface area contributed by atoms with Gasteiger partial charge in [0.2, 0.25) is 9.84 Å². The van der Waals surface area contributed by atoms with E-state index in [0.717, 1.165) is 0 Å². The third kappa shape index (κ3) is 4.17. The van der Waals surface area contributed by atoms with E-state index >= 15 is 0 Å². The van der Waals surface area contributed by atoms with E-state index in [-0.39, 0.29) is 23.0 Å². The van der Waals surface area contributed by atoms with E-state index in [2.05, 4.69) is 0 Å². The maximum atomic E-state index is 12.5. The van der Waals surface area contributed by atoms with Crippen LogP contribution in [0.25, 0.3) is 0 Å². The minimum Gasteiger partial charge on any atom is -0.486 e. The van der Waals surface area contributed by atoms with E-state index in [1.807, 2.05) is 0 Å². The molecule has 120 valence electrons. The van der Waals surface area contributed by atoms with Gasteiger partial charge in [0, 0.05) is 0 Å².